The molecule has 3 atom stereocenters. The number of amides is 3. The summed E-state index contributed by atoms with van der Waals surface area (Å²) in [6.45, 7) is 2.17. The van der Waals surface area contributed by atoms with E-state index in [1.807, 2.05) is 6.07 Å². The third-order valence-corrected chi connectivity index (χ3v) is 8.34. The number of aliphatic hydroxyl groups is 2. The molecule has 0 radical (unpaired) electrons. The van der Waals surface area contributed by atoms with Crippen molar-refractivity contribution in [2.75, 3.05) is 23.4 Å². The number of hydrogen-bond donors (Lipinski definition) is 3. The van der Waals surface area contributed by atoms with Crippen LogP contribution in [0.3, 0.4) is 0 Å². The number of nitro groups is 1. The Morgan fingerprint density at radius 3 is 2.55 bits per heavy atom. The van der Waals surface area contributed by atoms with Crippen LogP contribution in [0, 0.1) is 16.0 Å². The first-order chi connectivity index (χ1) is 21.1. The highest BCUT2D eigenvalue weighted by Crippen LogP contribution is 2.47. The van der Waals surface area contributed by atoms with Crippen LogP contribution in [0.1, 0.15) is 47.7 Å². The molecule has 44 heavy (non-hydrogen) atoms. The van der Waals surface area contributed by atoms with Crippen molar-refractivity contribution in [1.82, 2.24) is 4.90 Å². The van der Waals surface area contributed by atoms with Gasteiger partial charge in [-0.15, -0.1) is 0 Å². The van der Waals surface area contributed by atoms with Gasteiger partial charge in [0.05, 0.1) is 29.8 Å². The highest BCUT2D eigenvalue weighted by atomic mass is 16.6. The highest BCUT2D eigenvalue weighted by molar-refractivity contribution is 6.07. The van der Waals surface area contributed by atoms with Gasteiger partial charge in [0.15, 0.2) is 5.60 Å². The van der Waals surface area contributed by atoms with Gasteiger partial charge in [-0.25, -0.2) is 0 Å². The van der Waals surface area contributed by atoms with Gasteiger partial charge in [0.25, 0.3) is 17.5 Å². The Balaban J connectivity index is 1.35. The molecule has 0 saturated carbocycles. The van der Waals surface area contributed by atoms with Gasteiger partial charge in [-0.05, 0) is 48.7 Å². The minimum absolute atomic E-state index is 0.0315. The lowest BCUT2D eigenvalue weighted by molar-refractivity contribution is -0.385. The van der Waals surface area contributed by atoms with E-state index in [0.29, 0.717) is 29.0 Å². The molecule has 2 heterocycles. The second-order valence-corrected chi connectivity index (χ2v) is 11.1. The summed E-state index contributed by atoms with van der Waals surface area (Å²) in [4.78, 5) is 53.1. The summed E-state index contributed by atoms with van der Waals surface area (Å²) in [6, 6.07) is 19.5. The van der Waals surface area contributed by atoms with E-state index in [9.17, 15) is 34.7 Å². The third kappa shape index (κ3) is 5.97. The Morgan fingerprint density at radius 1 is 1.14 bits per heavy atom. The molecule has 0 aliphatic carbocycles. The smallest absolute Gasteiger partial charge is 0.269 e. The highest BCUT2D eigenvalue weighted by Gasteiger charge is 2.53. The molecule has 3 N–H and O–H groups in total. The number of likely N-dealkylation sites (tertiary alicyclic amines) is 1. The van der Waals surface area contributed by atoms with Gasteiger partial charge in [0, 0.05) is 47.8 Å². The fraction of sp³-hybridized carbons (Fsp3) is 0.303. The average molecular weight is 599 g/mol. The summed E-state index contributed by atoms with van der Waals surface area (Å²) < 4.78 is 0. The maximum absolute atomic E-state index is 13.9. The predicted molar refractivity (Wildman–Crippen MR) is 164 cm³/mol. The molecule has 11 heteroatoms. The number of benzene rings is 3. The summed E-state index contributed by atoms with van der Waals surface area (Å²) in [5.41, 5.74) is -0.104. The Hall–Kier alpha value is -4.87. The number of rotatable bonds is 10. The molecule has 0 bridgehead atoms. The Morgan fingerprint density at radius 2 is 1.86 bits per heavy atom. The van der Waals surface area contributed by atoms with Crippen molar-refractivity contribution in [1.29, 1.82) is 0 Å². The number of carbonyl (C=O) groups is 3. The molecule has 3 aromatic rings. The van der Waals surface area contributed by atoms with Crippen LogP contribution in [0.5, 0.6) is 0 Å². The normalized spacial score (nSPS) is 20.2. The summed E-state index contributed by atoms with van der Waals surface area (Å²) in [5.74, 6) is -1.88. The molecule has 1 fully saturated rings. The minimum atomic E-state index is -2.11. The molecule has 3 aromatic carbocycles. The molecule has 0 unspecified atom stereocenters. The quantitative estimate of drug-likeness (QED) is 0.180. The van der Waals surface area contributed by atoms with Crippen LogP contribution < -0.4 is 10.2 Å². The monoisotopic (exact) mass is 598 g/mol. The maximum atomic E-state index is 13.9. The van der Waals surface area contributed by atoms with Crippen LogP contribution in [0.4, 0.5) is 17.1 Å². The second-order valence-electron chi connectivity index (χ2n) is 11.1. The minimum Gasteiger partial charge on any atom is -0.394 e. The molecule has 3 amide bonds. The van der Waals surface area contributed by atoms with Crippen molar-refractivity contribution in [2.45, 2.75) is 44.4 Å². The lowest BCUT2D eigenvalue weighted by atomic mass is 9.82. The first kappa shape index (κ1) is 30.6. The first-order valence-corrected chi connectivity index (χ1v) is 14.5. The number of anilines is 2. The number of fused-ring (bicyclic) bond motifs is 1. The van der Waals surface area contributed by atoms with E-state index < -0.39 is 22.3 Å². The molecular formula is C33H34N4O7. The Bertz CT molecular complexity index is 1590. The number of nitro benzene ring substituents is 1. The lowest BCUT2D eigenvalue weighted by Crippen LogP contribution is -2.44. The van der Waals surface area contributed by atoms with Crippen LogP contribution in [-0.4, -0.2) is 57.0 Å². The number of nitrogens with one attached hydrogen (secondary N) is 1. The zero-order valence-electron chi connectivity index (χ0n) is 24.3. The Labute approximate surface area is 254 Å². The van der Waals surface area contributed by atoms with Gasteiger partial charge in [0.1, 0.15) is 0 Å². The van der Waals surface area contributed by atoms with Gasteiger partial charge in [-0.1, -0.05) is 49.4 Å². The summed E-state index contributed by atoms with van der Waals surface area (Å²) in [5, 5.41) is 35.8. The van der Waals surface area contributed by atoms with Gasteiger partial charge in [-0.3, -0.25) is 24.5 Å². The SMILES string of the molecule is C[C@@H](/C=C/CC(=O)N1CCC[C@H]1CO)[C@]1(O)C(=O)N(Cc2ccc(NC(=O)c3ccccc3)cc2)c2ccc([N+](=O)[O-])cc21. The van der Waals surface area contributed by atoms with Crippen LogP contribution in [0.2, 0.25) is 0 Å². The van der Waals surface area contributed by atoms with Crippen molar-refractivity contribution in [3.05, 3.63) is 112 Å². The van der Waals surface area contributed by atoms with Crippen molar-refractivity contribution in [3.63, 3.8) is 0 Å². The fourth-order valence-corrected chi connectivity index (χ4v) is 5.86. The number of non-ortho nitro benzene ring substituents is 1. The fourth-order valence-electron chi connectivity index (χ4n) is 5.86. The van der Waals surface area contributed by atoms with E-state index in [0.717, 1.165) is 12.8 Å². The van der Waals surface area contributed by atoms with Crippen LogP contribution >= 0.6 is 0 Å². The Kier molecular flexibility index (Phi) is 8.88. The van der Waals surface area contributed by atoms with Gasteiger partial charge < -0.3 is 25.3 Å². The zero-order valence-corrected chi connectivity index (χ0v) is 24.3. The number of aliphatic hydroxyl groups excluding tert-OH is 1. The number of carbonyl (C=O) groups excluding carboxylic acids is 3. The van der Waals surface area contributed by atoms with E-state index in [4.69, 9.17) is 0 Å². The molecule has 0 spiro atoms. The van der Waals surface area contributed by atoms with Gasteiger partial charge in [0.2, 0.25) is 5.91 Å². The van der Waals surface area contributed by atoms with Crippen molar-refractivity contribution in [3.8, 4) is 0 Å². The summed E-state index contributed by atoms with van der Waals surface area (Å²) >= 11 is 0. The third-order valence-electron chi connectivity index (χ3n) is 8.34. The predicted octanol–water partition coefficient (Wildman–Crippen LogP) is 4.15. The molecular weight excluding hydrogens is 564 g/mol. The largest absolute Gasteiger partial charge is 0.394 e. The van der Waals surface area contributed by atoms with E-state index in [-0.39, 0.29) is 48.7 Å². The molecule has 2 aliphatic rings. The maximum Gasteiger partial charge on any atom is 0.269 e. The summed E-state index contributed by atoms with van der Waals surface area (Å²) in [7, 11) is 0. The lowest BCUT2D eigenvalue weighted by Gasteiger charge is -2.28. The molecule has 11 nitrogen and oxygen atoms in total. The van der Waals surface area contributed by atoms with Crippen LogP contribution in [0.15, 0.2) is 84.9 Å². The second kappa shape index (κ2) is 12.8. The van der Waals surface area contributed by atoms with E-state index >= 15 is 0 Å². The first-order valence-electron chi connectivity index (χ1n) is 14.5. The molecule has 1 saturated heterocycles. The van der Waals surface area contributed by atoms with Crippen LogP contribution in [-0.2, 0) is 21.7 Å². The standard InChI is InChI=1S/C33H34N4O7/c1-22(7-5-11-30(39)35-18-6-10-27(35)21-38)33(42)28-19-26(37(43)44)16-17-29(28)36(32(33)41)20-23-12-14-25(15-13-23)34-31(40)24-8-3-2-4-9-24/h2-5,7-9,12-17,19,22,27,38,42H,6,10-11,18,20-21H2,1H3,(H,34,40)/b7-5+/t22-,27-,33+/m0/s1. The zero-order chi connectivity index (χ0) is 31.4. The summed E-state index contributed by atoms with van der Waals surface area (Å²) in [6.07, 6.45) is 4.77. The van der Waals surface area contributed by atoms with Crippen LogP contribution in [0.25, 0.3) is 0 Å². The van der Waals surface area contributed by atoms with Gasteiger partial charge in [-0.2, -0.15) is 0 Å². The molecule has 0 aromatic heterocycles. The van der Waals surface area contributed by atoms with E-state index in [2.05, 4.69) is 5.32 Å². The molecule has 228 valence electrons. The molecule has 2 aliphatic heterocycles. The van der Waals surface area contributed by atoms with Gasteiger partial charge >= 0.3 is 0 Å². The number of hydrogen-bond acceptors (Lipinski definition) is 7. The van der Waals surface area contributed by atoms with Crippen molar-refractivity contribution < 1.29 is 29.5 Å². The topological polar surface area (TPSA) is 153 Å². The van der Waals surface area contributed by atoms with E-state index in [1.54, 1.807) is 72.5 Å². The number of nitrogens with zero attached hydrogens (tertiary/aromatic N) is 3. The molecule has 5 rings (SSSR count). The van der Waals surface area contributed by atoms with E-state index in [1.165, 1.54) is 23.1 Å². The van der Waals surface area contributed by atoms with Crippen molar-refractivity contribution in [2.24, 2.45) is 5.92 Å². The average Bonchev–Trinajstić information content (AvgIpc) is 3.60. The van der Waals surface area contributed by atoms with Crippen molar-refractivity contribution >= 4 is 34.8 Å².